The van der Waals surface area contributed by atoms with Gasteiger partial charge < -0.3 is 10.3 Å². The molecule has 0 saturated carbocycles. The van der Waals surface area contributed by atoms with Gasteiger partial charge in [-0.25, -0.2) is 19.9 Å². The number of anilines is 1. The fraction of sp³-hybridized carbons (Fsp3) is 0.105. The molecule has 0 aliphatic heterocycles. The van der Waals surface area contributed by atoms with Crippen LogP contribution in [0.2, 0.25) is 5.02 Å². The maximum atomic E-state index is 6.39. The molecule has 1 aromatic carbocycles. The number of aromatic amines is 1. The third-order valence-corrected chi connectivity index (χ3v) is 5.61. The standard InChI is InChI=1S/C19H14ClN7S/c1-10(26-19-17-18(23-7-22-17)24-8-25-19)12-5-11-3-2-4-13(20)15(11)27-16(12)14-6-21-9-28-14/h2-10H,1H3,(H2,22,23,24,25,26)/t10-/m0/s1. The van der Waals surface area contributed by atoms with Crippen LogP contribution in [0.15, 0.2) is 48.6 Å². The Hall–Kier alpha value is -3.10. The number of rotatable bonds is 4. The molecule has 28 heavy (non-hydrogen) atoms. The summed E-state index contributed by atoms with van der Waals surface area (Å²) in [5.74, 6) is 0.667. The zero-order valence-corrected chi connectivity index (χ0v) is 16.3. The van der Waals surface area contributed by atoms with Gasteiger partial charge in [-0.1, -0.05) is 23.7 Å². The summed E-state index contributed by atoms with van der Waals surface area (Å²) in [6.45, 7) is 2.07. The molecule has 0 radical (unpaired) electrons. The van der Waals surface area contributed by atoms with Crippen molar-refractivity contribution in [3.63, 3.8) is 0 Å². The Balaban J connectivity index is 1.64. The molecule has 4 heterocycles. The second-order valence-electron chi connectivity index (χ2n) is 6.29. The lowest BCUT2D eigenvalue weighted by atomic mass is 10.0. The third-order valence-electron chi connectivity index (χ3n) is 4.53. The molecule has 5 aromatic rings. The smallest absolute Gasteiger partial charge is 0.162 e. The van der Waals surface area contributed by atoms with Gasteiger partial charge in [0.25, 0.3) is 0 Å². The normalized spacial score (nSPS) is 12.5. The molecule has 0 bridgehead atoms. The number of nitrogens with one attached hydrogen (secondary N) is 2. The van der Waals surface area contributed by atoms with Crippen molar-refractivity contribution in [2.45, 2.75) is 13.0 Å². The van der Waals surface area contributed by atoms with Gasteiger partial charge in [-0.05, 0) is 19.1 Å². The Morgan fingerprint density at radius 1 is 1.18 bits per heavy atom. The van der Waals surface area contributed by atoms with Crippen LogP contribution in [0.25, 0.3) is 32.6 Å². The Bertz CT molecular complexity index is 1280. The minimum absolute atomic E-state index is 0.0808. The number of para-hydroxylation sites is 1. The van der Waals surface area contributed by atoms with Gasteiger partial charge in [-0.3, -0.25) is 4.98 Å². The lowest BCUT2D eigenvalue weighted by Crippen LogP contribution is -2.11. The van der Waals surface area contributed by atoms with Gasteiger partial charge in [0.05, 0.1) is 39.0 Å². The summed E-state index contributed by atoms with van der Waals surface area (Å²) in [6.07, 6.45) is 4.94. The lowest BCUT2D eigenvalue weighted by molar-refractivity contribution is 0.874. The van der Waals surface area contributed by atoms with E-state index in [0.717, 1.165) is 27.0 Å². The summed E-state index contributed by atoms with van der Waals surface area (Å²) in [7, 11) is 0. The molecule has 0 aliphatic carbocycles. The van der Waals surface area contributed by atoms with Gasteiger partial charge in [0.15, 0.2) is 11.5 Å². The second-order valence-corrected chi connectivity index (χ2v) is 7.59. The molecule has 9 heteroatoms. The monoisotopic (exact) mass is 407 g/mol. The average Bonchev–Trinajstić information content (AvgIpc) is 3.40. The number of benzene rings is 1. The summed E-state index contributed by atoms with van der Waals surface area (Å²) in [5.41, 5.74) is 5.85. The van der Waals surface area contributed by atoms with E-state index in [2.05, 4.69) is 43.2 Å². The predicted octanol–water partition coefficient (Wildman–Crippen LogP) is 4.85. The molecular weight excluding hydrogens is 394 g/mol. The Kier molecular flexibility index (Phi) is 4.14. The molecule has 0 fully saturated rings. The summed E-state index contributed by atoms with van der Waals surface area (Å²) in [6, 6.07) is 7.83. The highest BCUT2D eigenvalue weighted by molar-refractivity contribution is 7.13. The topological polar surface area (TPSA) is 92.3 Å². The van der Waals surface area contributed by atoms with E-state index in [1.165, 1.54) is 6.33 Å². The number of fused-ring (bicyclic) bond motifs is 2. The van der Waals surface area contributed by atoms with Crippen molar-refractivity contribution in [1.29, 1.82) is 0 Å². The van der Waals surface area contributed by atoms with Crippen LogP contribution in [-0.4, -0.2) is 29.9 Å². The molecular formula is C19H14ClN7S. The highest BCUT2D eigenvalue weighted by atomic mass is 35.5. The first-order chi connectivity index (χ1) is 13.7. The van der Waals surface area contributed by atoms with E-state index >= 15 is 0 Å². The molecule has 0 amide bonds. The molecule has 1 atom stereocenters. The van der Waals surface area contributed by atoms with Gasteiger partial charge in [0, 0.05) is 17.1 Å². The fourth-order valence-electron chi connectivity index (χ4n) is 3.19. The quantitative estimate of drug-likeness (QED) is 0.442. The van der Waals surface area contributed by atoms with Crippen molar-refractivity contribution in [2.75, 3.05) is 5.32 Å². The number of hydrogen-bond acceptors (Lipinski definition) is 7. The fourth-order valence-corrected chi connectivity index (χ4v) is 4.05. The molecule has 0 saturated heterocycles. The second kappa shape index (κ2) is 6.81. The Labute approximate surface area is 168 Å². The van der Waals surface area contributed by atoms with Crippen molar-refractivity contribution in [1.82, 2.24) is 29.9 Å². The first-order valence-electron chi connectivity index (χ1n) is 8.59. The number of nitrogens with zero attached hydrogens (tertiary/aromatic N) is 5. The highest BCUT2D eigenvalue weighted by Gasteiger charge is 2.19. The highest BCUT2D eigenvalue weighted by Crippen LogP contribution is 2.35. The van der Waals surface area contributed by atoms with E-state index in [4.69, 9.17) is 16.6 Å². The number of H-pyrrole nitrogens is 1. The number of pyridine rings is 1. The van der Waals surface area contributed by atoms with E-state index in [9.17, 15) is 0 Å². The van der Waals surface area contributed by atoms with Crippen molar-refractivity contribution < 1.29 is 0 Å². The minimum atomic E-state index is -0.0808. The van der Waals surface area contributed by atoms with Gasteiger partial charge in [0.2, 0.25) is 0 Å². The number of hydrogen-bond donors (Lipinski definition) is 2. The zero-order valence-electron chi connectivity index (χ0n) is 14.7. The number of aromatic nitrogens is 6. The third kappa shape index (κ3) is 2.87. The molecule has 0 unspecified atom stereocenters. The van der Waals surface area contributed by atoms with Gasteiger partial charge >= 0.3 is 0 Å². The van der Waals surface area contributed by atoms with Crippen LogP contribution in [0.1, 0.15) is 18.5 Å². The summed E-state index contributed by atoms with van der Waals surface area (Å²) < 4.78 is 0. The largest absolute Gasteiger partial charge is 0.362 e. The van der Waals surface area contributed by atoms with E-state index in [1.807, 2.05) is 24.4 Å². The van der Waals surface area contributed by atoms with Crippen molar-refractivity contribution in [3.8, 4) is 10.6 Å². The van der Waals surface area contributed by atoms with Crippen LogP contribution >= 0.6 is 22.9 Å². The molecule has 5 rings (SSSR count). The molecule has 0 spiro atoms. The molecule has 4 aromatic heterocycles. The first-order valence-corrected chi connectivity index (χ1v) is 9.85. The number of halogens is 1. The van der Waals surface area contributed by atoms with E-state index < -0.39 is 0 Å². The van der Waals surface area contributed by atoms with Crippen LogP contribution in [-0.2, 0) is 0 Å². The van der Waals surface area contributed by atoms with E-state index in [0.29, 0.717) is 22.0 Å². The lowest BCUT2D eigenvalue weighted by Gasteiger charge is -2.18. The molecule has 0 aliphatic rings. The summed E-state index contributed by atoms with van der Waals surface area (Å²) >= 11 is 7.93. The van der Waals surface area contributed by atoms with Crippen molar-refractivity contribution in [3.05, 3.63) is 59.2 Å². The van der Waals surface area contributed by atoms with Crippen LogP contribution in [0.5, 0.6) is 0 Å². The van der Waals surface area contributed by atoms with Gasteiger partial charge in [-0.2, -0.15) is 0 Å². The van der Waals surface area contributed by atoms with E-state index in [1.54, 1.807) is 23.2 Å². The average molecular weight is 408 g/mol. The minimum Gasteiger partial charge on any atom is -0.362 e. The maximum Gasteiger partial charge on any atom is 0.162 e. The molecule has 2 N–H and O–H groups in total. The Morgan fingerprint density at radius 3 is 2.96 bits per heavy atom. The van der Waals surface area contributed by atoms with Crippen LogP contribution in [0.3, 0.4) is 0 Å². The molecule has 138 valence electrons. The van der Waals surface area contributed by atoms with Crippen molar-refractivity contribution >= 4 is 50.8 Å². The zero-order chi connectivity index (χ0) is 19.1. The number of thiazole rings is 1. The van der Waals surface area contributed by atoms with Crippen LogP contribution in [0.4, 0.5) is 5.82 Å². The predicted molar refractivity (Wildman–Crippen MR) is 112 cm³/mol. The SMILES string of the molecule is C[C@H](Nc1ncnc2[nH]cnc12)c1cc2cccc(Cl)c2nc1-c1cncs1. The first kappa shape index (κ1) is 17.0. The summed E-state index contributed by atoms with van der Waals surface area (Å²) in [4.78, 5) is 25.9. The maximum absolute atomic E-state index is 6.39. The van der Waals surface area contributed by atoms with Gasteiger partial charge in [-0.15, -0.1) is 11.3 Å². The summed E-state index contributed by atoms with van der Waals surface area (Å²) in [5, 5.41) is 5.06. The molecule has 7 nitrogen and oxygen atoms in total. The van der Waals surface area contributed by atoms with Gasteiger partial charge in [0.1, 0.15) is 11.8 Å². The van der Waals surface area contributed by atoms with Crippen LogP contribution in [0, 0.1) is 0 Å². The number of imidazole rings is 1. The van der Waals surface area contributed by atoms with Crippen molar-refractivity contribution in [2.24, 2.45) is 0 Å². The van der Waals surface area contributed by atoms with Crippen LogP contribution < -0.4 is 5.32 Å². The Morgan fingerprint density at radius 2 is 2.11 bits per heavy atom. The van der Waals surface area contributed by atoms with E-state index in [-0.39, 0.29) is 6.04 Å².